The van der Waals surface area contributed by atoms with Crippen molar-refractivity contribution in [1.82, 2.24) is 10.3 Å². The van der Waals surface area contributed by atoms with Gasteiger partial charge in [0, 0.05) is 17.0 Å². The molecule has 0 bridgehead atoms. The summed E-state index contributed by atoms with van der Waals surface area (Å²) in [6, 6.07) is 13.3. The minimum atomic E-state index is 0.0164. The molecule has 0 atom stereocenters. The third-order valence-corrected chi connectivity index (χ3v) is 3.82. The molecule has 1 aromatic carbocycles. The van der Waals surface area contributed by atoms with Crippen LogP contribution in [0.5, 0.6) is 0 Å². The van der Waals surface area contributed by atoms with Crippen LogP contribution in [-0.2, 0) is 17.1 Å². The molecule has 0 aliphatic rings. The van der Waals surface area contributed by atoms with E-state index in [2.05, 4.69) is 10.3 Å². The minimum absolute atomic E-state index is 0.0164. The summed E-state index contributed by atoms with van der Waals surface area (Å²) >= 11 is 7.48. The number of hydrogen-bond donors (Lipinski definition) is 1. The van der Waals surface area contributed by atoms with Gasteiger partial charge in [-0.05, 0) is 29.8 Å². The molecule has 2 rings (SSSR count). The summed E-state index contributed by atoms with van der Waals surface area (Å²) in [6.45, 7) is 0.470. The van der Waals surface area contributed by atoms with Gasteiger partial charge in [-0.15, -0.1) is 11.8 Å². The number of nitrogens with one attached hydrogen (secondary N) is 1. The van der Waals surface area contributed by atoms with Gasteiger partial charge in [-0.1, -0.05) is 29.8 Å². The average Bonchev–Trinajstić information content (AvgIpc) is 2.46. The van der Waals surface area contributed by atoms with E-state index >= 15 is 0 Å². The van der Waals surface area contributed by atoms with Gasteiger partial charge in [-0.3, -0.25) is 9.78 Å². The van der Waals surface area contributed by atoms with Crippen molar-refractivity contribution < 1.29 is 4.79 Å². The zero-order valence-corrected chi connectivity index (χ0v) is 12.5. The van der Waals surface area contributed by atoms with Crippen LogP contribution in [0.25, 0.3) is 0 Å². The number of rotatable bonds is 6. The van der Waals surface area contributed by atoms with Gasteiger partial charge in [-0.2, -0.15) is 0 Å². The predicted octanol–water partition coefficient (Wildman–Crippen LogP) is 3.28. The molecule has 0 unspecified atom stereocenters. The summed E-state index contributed by atoms with van der Waals surface area (Å²) in [5, 5.41) is 3.57. The Morgan fingerprint density at radius 2 is 2.15 bits per heavy atom. The van der Waals surface area contributed by atoms with E-state index < -0.39 is 0 Å². The maximum absolute atomic E-state index is 11.7. The van der Waals surface area contributed by atoms with Gasteiger partial charge in [0.05, 0.1) is 18.0 Å². The van der Waals surface area contributed by atoms with Crippen LogP contribution < -0.4 is 5.32 Å². The fourth-order valence-corrected chi connectivity index (χ4v) is 2.65. The molecule has 0 aliphatic heterocycles. The topological polar surface area (TPSA) is 42.0 Å². The maximum Gasteiger partial charge on any atom is 0.230 e. The van der Waals surface area contributed by atoms with E-state index in [1.165, 1.54) is 0 Å². The van der Waals surface area contributed by atoms with Crippen molar-refractivity contribution >= 4 is 29.3 Å². The second-order valence-electron chi connectivity index (χ2n) is 4.22. The summed E-state index contributed by atoms with van der Waals surface area (Å²) in [4.78, 5) is 15.8. The Kier molecular flexibility index (Phi) is 5.89. The van der Waals surface area contributed by atoms with Gasteiger partial charge >= 0.3 is 0 Å². The fraction of sp³-hybridized carbons (Fsp3) is 0.200. The van der Waals surface area contributed by atoms with Crippen molar-refractivity contribution in [1.29, 1.82) is 0 Å². The molecule has 0 fully saturated rings. The molecule has 1 aromatic heterocycles. The number of carbonyl (C=O) groups is 1. The zero-order chi connectivity index (χ0) is 14.2. The van der Waals surface area contributed by atoms with E-state index in [1.807, 2.05) is 42.5 Å². The Bertz CT molecular complexity index is 563. The molecule has 1 heterocycles. The van der Waals surface area contributed by atoms with Gasteiger partial charge in [0.1, 0.15) is 0 Å². The monoisotopic (exact) mass is 306 g/mol. The van der Waals surface area contributed by atoms with Gasteiger partial charge in [0.15, 0.2) is 0 Å². The number of aromatic nitrogens is 1. The van der Waals surface area contributed by atoms with Crippen LogP contribution in [0.1, 0.15) is 11.3 Å². The van der Waals surface area contributed by atoms with Crippen molar-refractivity contribution in [2.45, 2.75) is 12.3 Å². The first kappa shape index (κ1) is 14.9. The molecule has 0 aliphatic carbocycles. The molecule has 0 radical (unpaired) electrons. The SMILES string of the molecule is O=C(CSCc1cccc(Cl)c1)NCc1ccccn1. The van der Waals surface area contributed by atoms with Crippen LogP contribution in [0.4, 0.5) is 0 Å². The van der Waals surface area contributed by atoms with Crippen molar-refractivity contribution in [2.75, 3.05) is 5.75 Å². The predicted molar refractivity (Wildman–Crippen MR) is 83.7 cm³/mol. The van der Waals surface area contributed by atoms with Crippen molar-refractivity contribution in [3.8, 4) is 0 Å². The molecule has 5 heteroatoms. The van der Waals surface area contributed by atoms with E-state index in [1.54, 1.807) is 18.0 Å². The lowest BCUT2D eigenvalue weighted by atomic mass is 10.2. The smallest absolute Gasteiger partial charge is 0.230 e. The lowest BCUT2D eigenvalue weighted by Crippen LogP contribution is -2.25. The molecule has 0 saturated heterocycles. The summed E-state index contributed by atoms with van der Waals surface area (Å²) in [5.41, 5.74) is 1.99. The van der Waals surface area contributed by atoms with Crippen LogP contribution in [0.3, 0.4) is 0 Å². The van der Waals surface area contributed by atoms with Crippen LogP contribution in [-0.4, -0.2) is 16.6 Å². The highest BCUT2D eigenvalue weighted by Crippen LogP contribution is 2.16. The van der Waals surface area contributed by atoms with E-state index in [4.69, 9.17) is 11.6 Å². The molecule has 0 saturated carbocycles. The largest absolute Gasteiger partial charge is 0.350 e. The van der Waals surface area contributed by atoms with E-state index in [-0.39, 0.29) is 5.91 Å². The van der Waals surface area contributed by atoms with Gasteiger partial charge in [0.2, 0.25) is 5.91 Å². The highest BCUT2D eigenvalue weighted by Gasteiger charge is 2.03. The third-order valence-electron chi connectivity index (χ3n) is 2.58. The Hall–Kier alpha value is -1.52. The summed E-state index contributed by atoms with van der Waals surface area (Å²) < 4.78 is 0. The Balaban J connectivity index is 1.68. The molecular weight excluding hydrogens is 292 g/mol. The number of hydrogen-bond acceptors (Lipinski definition) is 3. The molecule has 20 heavy (non-hydrogen) atoms. The van der Waals surface area contributed by atoms with Crippen LogP contribution >= 0.6 is 23.4 Å². The average molecular weight is 307 g/mol. The molecule has 3 nitrogen and oxygen atoms in total. The first-order valence-electron chi connectivity index (χ1n) is 6.23. The highest BCUT2D eigenvalue weighted by atomic mass is 35.5. The van der Waals surface area contributed by atoms with Crippen molar-refractivity contribution in [3.05, 3.63) is 64.9 Å². The van der Waals surface area contributed by atoms with Crippen LogP contribution in [0.2, 0.25) is 5.02 Å². The standard InChI is InChI=1S/C15H15ClN2OS/c16-13-5-3-4-12(8-13)10-20-11-15(19)18-9-14-6-1-2-7-17-14/h1-8H,9-11H2,(H,18,19). The summed E-state index contributed by atoms with van der Waals surface area (Å²) in [7, 11) is 0. The summed E-state index contributed by atoms with van der Waals surface area (Å²) in [6.07, 6.45) is 1.72. The second kappa shape index (κ2) is 7.92. The van der Waals surface area contributed by atoms with E-state index in [0.29, 0.717) is 12.3 Å². The Morgan fingerprint density at radius 3 is 2.90 bits per heavy atom. The maximum atomic E-state index is 11.7. The highest BCUT2D eigenvalue weighted by molar-refractivity contribution is 7.99. The lowest BCUT2D eigenvalue weighted by Gasteiger charge is -2.05. The van der Waals surface area contributed by atoms with Crippen molar-refractivity contribution in [3.63, 3.8) is 0 Å². The number of amides is 1. The number of carbonyl (C=O) groups excluding carboxylic acids is 1. The van der Waals surface area contributed by atoms with Gasteiger partial charge in [-0.25, -0.2) is 0 Å². The van der Waals surface area contributed by atoms with Crippen molar-refractivity contribution in [2.24, 2.45) is 0 Å². The fourth-order valence-electron chi connectivity index (χ4n) is 1.63. The van der Waals surface area contributed by atoms with E-state index in [9.17, 15) is 4.79 Å². The Labute approximate surface area is 127 Å². The molecule has 2 aromatic rings. The number of benzene rings is 1. The zero-order valence-electron chi connectivity index (χ0n) is 10.9. The molecular formula is C15H15ClN2OS. The van der Waals surface area contributed by atoms with Crippen LogP contribution in [0.15, 0.2) is 48.7 Å². The molecule has 104 valence electrons. The number of thioether (sulfide) groups is 1. The number of halogens is 1. The number of nitrogens with zero attached hydrogens (tertiary/aromatic N) is 1. The molecule has 1 N–H and O–H groups in total. The molecule has 0 spiro atoms. The van der Waals surface area contributed by atoms with Gasteiger partial charge < -0.3 is 5.32 Å². The second-order valence-corrected chi connectivity index (χ2v) is 5.64. The first-order valence-corrected chi connectivity index (χ1v) is 7.76. The molecule has 1 amide bonds. The minimum Gasteiger partial charge on any atom is -0.350 e. The third kappa shape index (κ3) is 5.23. The first-order chi connectivity index (χ1) is 9.74. The number of pyridine rings is 1. The van der Waals surface area contributed by atoms with E-state index in [0.717, 1.165) is 22.0 Å². The quantitative estimate of drug-likeness (QED) is 0.890. The van der Waals surface area contributed by atoms with Crippen LogP contribution in [0, 0.1) is 0 Å². The summed E-state index contributed by atoms with van der Waals surface area (Å²) in [5.74, 6) is 1.22. The Morgan fingerprint density at radius 1 is 1.25 bits per heavy atom. The van der Waals surface area contributed by atoms with Gasteiger partial charge in [0.25, 0.3) is 0 Å². The normalized spacial score (nSPS) is 10.2. The lowest BCUT2D eigenvalue weighted by molar-refractivity contribution is -0.118.